The molecule has 0 saturated carbocycles. The molecule has 136 valence electrons. The van der Waals surface area contributed by atoms with Crippen molar-refractivity contribution in [3.63, 3.8) is 0 Å². The summed E-state index contributed by atoms with van der Waals surface area (Å²) in [6, 6.07) is 10.1. The molecule has 24 heavy (non-hydrogen) atoms. The normalized spacial score (nSPS) is 22.4. The van der Waals surface area contributed by atoms with E-state index in [2.05, 4.69) is 0 Å². The highest BCUT2D eigenvalue weighted by Gasteiger charge is 2.10. The summed E-state index contributed by atoms with van der Waals surface area (Å²) in [5.74, 6) is 0. The van der Waals surface area contributed by atoms with Crippen LogP contribution in [-0.4, -0.2) is 72.2 Å². The number of benzene rings is 1. The summed E-state index contributed by atoms with van der Waals surface area (Å²) >= 11 is 0. The summed E-state index contributed by atoms with van der Waals surface area (Å²) in [7, 11) is 0. The van der Waals surface area contributed by atoms with Crippen LogP contribution in [0.25, 0.3) is 0 Å². The van der Waals surface area contributed by atoms with Gasteiger partial charge in [-0.15, -0.1) is 0 Å². The number of ether oxygens (including phenoxy) is 6. The quantitative estimate of drug-likeness (QED) is 0.831. The van der Waals surface area contributed by atoms with Gasteiger partial charge < -0.3 is 28.4 Å². The van der Waals surface area contributed by atoms with Crippen molar-refractivity contribution < 1.29 is 28.4 Å². The van der Waals surface area contributed by atoms with Crippen LogP contribution < -0.4 is 0 Å². The van der Waals surface area contributed by atoms with E-state index in [1.54, 1.807) is 0 Å². The summed E-state index contributed by atoms with van der Waals surface area (Å²) < 4.78 is 33.4. The molecule has 0 amide bonds. The van der Waals surface area contributed by atoms with Crippen molar-refractivity contribution in [2.45, 2.75) is 12.7 Å². The zero-order valence-electron chi connectivity index (χ0n) is 14.2. The van der Waals surface area contributed by atoms with Gasteiger partial charge in [0.2, 0.25) is 0 Å². The van der Waals surface area contributed by atoms with Crippen molar-refractivity contribution >= 4 is 0 Å². The minimum atomic E-state index is -0.112. The fourth-order valence-corrected chi connectivity index (χ4v) is 2.18. The van der Waals surface area contributed by atoms with Crippen LogP contribution in [0.15, 0.2) is 30.3 Å². The van der Waals surface area contributed by atoms with Crippen molar-refractivity contribution in [2.75, 3.05) is 66.1 Å². The van der Waals surface area contributed by atoms with Gasteiger partial charge >= 0.3 is 0 Å². The van der Waals surface area contributed by atoms with Crippen molar-refractivity contribution in [3.05, 3.63) is 35.9 Å². The van der Waals surface area contributed by atoms with Gasteiger partial charge in [-0.3, -0.25) is 0 Å². The van der Waals surface area contributed by atoms with Crippen molar-refractivity contribution in [1.82, 2.24) is 0 Å². The number of rotatable bonds is 4. The summed E-state index contributed by atoms with van der Waals surface area (Å²) in [5, 5.41) is 0. The lowest BCUT2D eigenvalue weighted by molar-refractivity contribution is -0.0801. The van der Waals surface area contributed by atoms with Gasteiger partial charge in [0, 0.05) is 0 Å². The average Bonchev–Trinajstić information content (AvgIpc) is 2.62. The van der Waals surface area contributed by atoms with Crippen LogP contribution in [0.4, 0.5) is 0 Å². The van der Waals surface area contributed by atoms with Gasteiger partial charge in [-0.05, 0) is 5.56 Å². The Balaban J connectivity index is 1.68. The molecule has 1 heterocycles. The van der Waals surface area contributed by atoms with Crippen molar-refractivity contribution in [2.24, 2.45) is 0 Å². The first-order chi connectivity index (χ1) is 11.9. The first-order valence-corrected chi connectivity index (χ1v) is 8.49. The van der Waals surface area contributed by atoms with E-state index in [4.69, 9.17) is 28.4 Å². The highest BCUT2D eigenvalue weighted by molar-refractivity contribution is 5.13. The van der Waals surface area contributed by atoms with Crippen LogP contribution in [0.1, 0.15) is 5.56 Å². The molecule has 6 nitrogen and oxygen atoms in total. The molecule has 0 aromatic heterocycles. The third-order valence-electron chi connectivity index (χ3n) is 3.42. The molecule has 1 aromatic carbocycles. The third kappa shape index (κ3) is 9.32. The van der Waals surface area contributed by atoms with Crippen LogP contribution in [0, 0.1) is 0 Å². The Morgan fingerprint density at radius 1 is 0.750 bits per heavy atom. The molecule has 6 heteroatoms. The second-order valence-electron chi connectivity index (χ2n) is 5.41. The SMILES string of the molecule is c1ccc(COC[C@@H]2COCCOCCOCCOCCO2)cc1. The summed E-state index contributed by atoms with van der Waals surface area (Å²) in [5.41, 5.74) is 1.15. The predicted octanol–water partition coefficient (Wildman–Crippen LogP) is 1.67. The molecule has 0 unspecified atom stereocenters. The van der Waals surface area contributed by atoms with Crippen LogP contribution in [-0.2, 0) is 35.0 Å². The minimum Gasteiger partial charge on any atom is -0.377 e. The summed E-state index contributed by atoms with van der Waals surface area (Å²) in [4.78, 5) is 0. The molecule has 1 fully saturated rings. The van der Waals surface area contributed by atoms with Crippen LogP contribution in [0.2, 0.25) is 0 Å². The number of hydrogen-bond donors (Lipinski definition) is 0. The fraction of sp³-hybridized carbons (Fsp3) is 0.667. The maximum absolute atomic E-state index is 5.80. The molecule has 1 atom stereocenters. The van der Waals surface area contributed by atoms with Gasteiger partial charge in [-0.25, -0.2) is 0 Å². The smallest absolute Gasteiger partial charge is 0.104 e. The second kappa shape index (κ2) is 13.3. The van der Waals surface area contributed by atoms with E-state index in [0.717, 1.165) is 5.56 Å². The Morgan fingerprint density at radius 2 is 1.33 bits per heavy atom. The molecule has 2 rings (SSSR count). The predicted molar refractivity (Wildman–Crippen MR) is 89.1 cm³/mol. The zero-order chi connectivity index (χ0) is 16.7. The summed E-state index contributed by atoms with van der Waals surface area (Å²) in [6.07, 6.45) is -0.112. The van der Waals surface area contributed by atoms with Crippen LogP contribution in [0.3, 0.4) is 0 Å². The molecular weight excluding hydrogens is 312 g/mol. The Hall–Kier alpha value is -1.02. The van der Waals surface area contributed by atoms with E-state index >= 15 is 0 Å². The van der Waals surface area contributed by atoms with E-state index in [1.165, 1.54) is 0 Å². The zero-order valence-corrected chi connectivity index (χ0v) is 14.2. The monoisotopic (exact) mass is 340 g/mol. The maximum Gasteiger partial charge on any atom is 0.104 e. The highest BCUT2D eigenvalue weighted by atomic mass is 16.6. The molecular formula is C18H28O6. The standard InChI is InChI=1S/C18H28O6/c1-2-4-17(5-3-1)14-23-16-18-15-22-11-10-20-7-6-19-8-9-21-12-13-24-18/h1-5,18H,6-16H2/t18-/m0/s1. The Morgan fingerprint density at radius 3 is 2.00 bits per heavy atom. The third-order valence-corrected chi connectivity index (χ3v) is 3.42. The molecule has 0 aliphatic carbocycles. The lowest BCUT2D eigenvalue weighted by atomic mass is 10.2. The minimum absolute atomic E-state index is 0.112. The molecule has 1 aliphatic heterocycles. The Labute approximate surface area is 143 Å². The van der Waals surface area contributed by atoms with E-state index in [-0.39, 0.29) is 6.10 Å². The van der Waals surface area contributed by atoms with Crippen LogP contribution >= 0.6 is 0 Å². The first kappa shape index (κ1) is 19.3. The number of hydrogen-bond acceptors (Lipinski definition) is 6. The van der Waals surface area contributed by atoms with Gasteiger partial charge in [0.05, 0.1) is 72.7 Å². The molecule has 0 radical (unpaired) electrons. The van der Waals surface area contributed by atoms with Gasteiger partial charge in [0.15, 0.2) is 0 Å². The molecule has 0 bridgehead atoms. The van der Waals surface area contributed by atoms with Gasteiger partial charge in [0.25, 0.3) is 0 Å². The molecule has 0 spiro atoms. The van der Waals surface area contributed by atoms with E-state index in [0.29, 0.717) is 72.7 Å². The second-order valence-corrected chi connectivity index (χ2v) is 5.41. The van der Waals surface area contributed by atoms with E-state index in [1.807, 2.05) is 30.3 Å². The van der Waals surface area contributed by atoms with Crippen molar-refractivity contribution in [3.8, 4) is 0 Å². The van der Waals surface area contributed by atoms with E-state index < -0.39 is 0 Å². The Bertz CT molecular complexity index is 384. The summed E-state index contributed by atoms with van der Waals surface area (Å²) in [6.45, 7) is 5.96. The molecule has 1 aliphatic rings. The first-order valence-electron chi connectivity index (χ1n) is 8.49. The van der Waals surface area contributed by atoms with Gasteiger partial charge in [-0.2, -0.15) is 0 Å². The highest BCUT2D eigenvalue weighted by Crippen LogP contribution is 2.03. The van der Waals surface area contributed by atoms with Gasteiger partial charge in [-0.1, -0.05) is 30.3 Å². The molecule has 1 saturated heterocycles. The van der Waals surface area contributed by atoms with Gasteiger partial charge in [0.1, 0.15) is 6.10 Å². The molecule has 1 aromatic rings. The molecule has 0 N–H and O–H groups in total. The topological polar surface area (TPSA) is 55.4 Å². The average molecular weight is 340 g/mol. The maximum atomic E-state index is 5.80. The van der Waals surface area contributed by atoms with E-state index in [9.17, 15) is 0 Å². The lowest BCUT2D eigenvalue weighted by Crippen LogP contribution is -2.28. The lowest BCUT2D eigenvalue weighted by Gasteiger charge is -2.18. The Kier molecular flexibility index (Phi) is 10.7. The van der Waals surface area contributed by atoms with Crippen LogP contribution in [0.5, 0.6) is 0 Å². The fourth-order valence-electron chi connectivity index (χ4n) is 2.18. The van der Waals surface area contributed by atoms with Crippen molar-refractivity contribution in [1.29, 1.82) is 0 Å². The largest absolute Gasteiger partial charge is 0.377 e.